The normalized spacial score (nSPS) is 19.0. The third kappa shape index (κ3) is 2.70. The molecule has 4 rings (SSSR count). The first-order valence-corrected chi connectivity index (χ1v) is 9.80. The van der Waals surface area contributed by atoms with Crippen molar-refractivity contribution in [2.45, 2.75) is 10.1 Å². The van der Waals surface area contributed by atoms with Crippen molar-refractivity contribution in [2.24, 2.45) is 0 Å². The van der Waals surface area contributed by atoms with Crippen LogP contribution in [-0.4, -0.2) is 31.1 Å². The molecule has 0 aromatic heterocycles. The Hall–Kier alpha value is -1.99. The Kier molecular flexibility index (Phi) is 3.35. The molecule has 1 fully saturated rings. The van der Waals surface area contributed by atoms with Crippen molar-refractivity contribution in [3.63, 3.8) is 0 Å². The molecule has 0 radical (unpaired) electrons. The van der Waals surface area contributed by atoms with E-state index in [-0.39, 0.29) is 27.2 Å². The number of rotatable bonds is 3. The van der Waals surface area contributed by atoms with Gasteiger partial charge in [-0.25, -0.2) is 8.42 Å². The number of sulfone groups is 1. The summed E-state index contributed by atoms with van der Waals surface area (Å²) < 4.78 is 31.0. The Morgan fingerprint density at radius 1 is 1.13 bits per heavy atom. The third-order valence-electron chi connectivity index (χ3n) is 3.71. The molecule has 2 aromatic rings. The third-order valence-corrected chi connectivity index (χ3v) is 6.75. The Labute approximate surface area is 138 Å². The first kappa shape index (κ1) is 14.6. The summed E-state index contributed by atoms with van der Waals surface area (Å²) in [5.74, 6) is 1.19. The summed E-state index contributed by atoms with van der Waals surface area (Å²) in [6.45, 7) is 0. The number of hydrogen-bond donors (Lipinski definition) is 1. The molecule has 2 aliphatic heterocycles. The van der Waals surface area contributed by atoms with Gasteiger partial charge >= 0.3 is 0 Å². The van der Waals surface area contributed by atoms with E-state index >= 15 is 0 Å². The number of carbonyl (C=O) groups is 1. The molecule has 7 heteroatoms. The van der Waals surface area contributed by atoms with E-state index in [0.717, 1.165) is 5.75 Å². The highest BCUT2D eigenvalue weighted by Gasteiger charge is 2.34. The Morgan fingerprint density at radius 3 is 2.65 bits per heavy atom. The molecule has 23 heavy (non-hydrogen) atoms. The molecule has 0 bridgehead atoms. The second-order valence-electron chi connectivity index (χ2n) is 5.42. The van der Waals surface area contributed by atoms with Crippen molar-refractivity contribution in [3.05, 3.63) is 48.0 Å². The molecule has 2 aromatic carbocycles. The van der Waals surface area contributed by atoms with Crippen LogP contribution in [0, 0.1) is 0 Å². The van der Waals surface area contributed by atoms with Gasteiger partial charge in [0.1, 0.15) is 11.3 Å². The highest BCUT2D eigenvalue weighted by Crippen LogP contribution is 2.39. The fraction of sp³-hybridized carbons (Fsp3) is 0.188. The minimum Gasteiger partial charge on any atom is -0.454 e. The van der Waals surface area contributed by atoms with E-state index in [1.54, 1.807) is 48.2 Å². The summed E-state index contributed by atoms with van der Waals surface area (Å²) in [7, 11) is -3.54. The maximum atomic E-state index is 12.6. The molecule has 1 N–H and O–H groups in total. The summed E-state index contributed by atoms with van der Waals surface area (Å²) in [4.78, 5) is 12.6. The van der Waals surface area contributed by atoms with Crippen LogP contribution >= 0.6 is 11.8 Å². The average molecular weight is 347 g/mol. The molecule has 118 valence electrons. The number of ether oxygens (including phenoxy) is 1. The standard InChI is InChI=1S/C16H13NO4S2/c18-16-15-13(21-12-5-2-1-4-11(12)17-16)6-3-7-14(15)23(19,20)9-10-8-22-10/h1-7,10H,8-9H2,(H,17,18). The summed E-state index contributed by atoms with van der Waals surface area (Å²) in [5, 5.41) is 2.85. The smallest absolute Gasteiger partial charge is 0.260 e. The molecule has 1 unspecified atom stereocenters. The number of fused-ring (bicyclic) bond motifs is 2. The number of thioether (sulfide) groups is 1. The lowest BCUT2D eigenvalue weighted by Gasteiger charge is -2.11. The zero-order valence-electron chi connectivity index (χ0n) is 12.0. The minimum absolute atomic E-state index is 0.0350. The number of para-hydroxylation sites is 2. The molecule has 0 aliphatic carbocycles. The van der Waals surface area contributed by atoms with Crippen molar-refractivity contribution in [1.82, 2.24) is 0 Å². The molecular weight excluding hydrogens is 334 g/mol. The lowest BCUT2D eigenvalue weighted by molar-refractivity contribution is 0.102. The maximum absolute atomic E-state index is 12.6. The van der Waals surface area contributed by atoms with Gasteiger partial charge in [0.05, 0.1) is 16.3 Å². The zero-order chi connectivity index (χ0) is 16.0. The van der Waals surface area contributed by atoms with Crippen LogP contribution in [0.1, 0.15) is 10.4 Å². The predicted molar refractivity (Wildman–Crippen MR) is 89.2 cm³/mol. The van der Waals surface area contributed by atoms with Crippen molar-refractivity contribution < 1.29 is 17.9 Å². The quantitative estimate of drug-likeness (QED) is 0.864. The largest absolute Gasteiger partial charge is 0.454 e. The Balaban J connectivity index is 1.84. The van der Waals surface area contributed by atoms with Gasteiger partial charge in [-0.1, -0.05) is 18.2 Å². The molecule has 2 heterocycles. The van der Waals surface area contributed by atoms with Crippen LogP contribution in [0.5, 0.6) is 11.5 Å². The first-order valence-electron chi connectivity index (χ1n) is 7.10. The van der Waals surface area contributed by atoms with Crippen LogP contribution < -0.4 is 10.1 Å². The van der Waals surface area contributed by atoms with Gasteiger partial charge in [-0.05, 0) is 24.3 Å². The van der Waals surface area contributed by atoms with Gasteiger partial charge in [0.2, 0.25) is 0 Å². The van der Waals surface area contributed by atoms with Gasteiger partial charge in [0.15, 0.2) is 15.6 Å². The predicted octanol–water partition coefficient (Wildman–Crippen LogP) is 2.93. The van der Waals surface area contributed by atoms with E-state index in [0.29, 0.717) is 11.4 Å². The van der Waals surface area contributed by atoms with Crippen molar-refractivity contribution >= 4 is 33.2 Å². The van der Waals surface area contributed by atoms with Crippen molar-refractivity contribution in [3.8, 4) is 11.5 Å². The van der Waals surface area contributed by atoms with E-state index in [9.17, 15) is 13.2 Å². The SMILES string of the molecule is O=C1Nc2ccccc2Oc2cccc(S(=O)(=O)CC3CS3)c21. The molecule has 1 saturated heterocycles. The Morgan fingerprint density at radius 2 is 1.87 bits per heavy atom. The lowest BCUT2D eigenvalue weighted by Crippen LogP contribution is -2.18. The molecule has 2 aliphatic rings. The molecular formula is C16H13NO4S2. The van der Waals surface area contributed by atoms with E-state index in [1.807, 2.05) is 0 Å². The van der Waals surface area contributed by atoms with Crippen molar-refractivity contribution in [1.29, 1.82) is 0 Å². The lowest BCUT2D eigenvalue weighted by atomic mass is 10.2. The van der Waals surface area contributed by atoms with Crippen molar-refractivity contribution in [2.75, 3.05) is 16.8 Å². The Bertz CT molecular complexity index is 904. The highest BCUT2D eigenvalue weighted by atomic mass is 32.2. The fourth-order valence-electron chi connectivity index (χ4n) is 2.54. The van der Waals surface area contributed by atoms with Crippen LogP contribution in [-0.2, 0) is 9.84 Å². The van der Waals surface area contributed by atoms with Gasteiger partial charge in [-0.15, -0.1) is 0 Å². The molecule has 0 saturated carbocycles. The van der Waals surface area contributed by atoms with Crippen LogP contribution in [0.25, 0.3) is 0 Å². The second kappa shape index (κ2) is 5.28. The van der Waals surface area contributed by atoms with Crippen LogP contribution in [0.3, 0.4) is 0 Å². The minimum atomic E-state index is -3.54. The number of carbonyl (C=O) groups excluding carboxylic acids is 1. The maximum Gasteiger partial charge on any atom is 0.260 e. The summed E-state index contributed by atoms with van der Waals surface area (Å²) >= 11 is 1.61. The number of amides is 1. The van der Waals surface area contributed by atoms with E-state index in [4.69, 9.17) is 4.74 Å². The number of benzene rings is 2. The monoisotopic (exact) mass is 347 g/mol. The number of nitrogens with one attached hydrogen (secondary N) is 1. The number of hydrogen-bond acceptors (Lipinski definition) is 5. The molecule has 0 spiro atoms. The average Bonchev–Trinajstić information content (AvgIpc) is 3.32. The van der Waals surface area contributed by atoms with Gasteiger partial charge < -0.3 is 10.1 Å². The van der Waals surface area contributed by atoms with Crippen LogP contribution in [0.15, 0.2) is 47.4 Å². The summed E-state index contributed by atoms with van der Waals surface area (Å²) in [5.41, 5.74) is 0.601. The highest BCUT2D eigenvalue weighted by molar-refractivity contribution is 8.08. The fourth-order valence-corrected chi connectivity index (χ4v) is 5.44. The van der Waals surface area contributed by atoms with E-state index in [2.05, 4.69) is 5.32 Å². The van der Waals surface area contributed by atoms with Gasteiger partial charge in [-0.3, -0.25) is 4.79 Å². The summed E-state index contributed by atoms with van der Waals surface area (Å²) in [6.07, 6.45) is 0. The topological polar surface area (TPSA) is 72.5 Å². The van der Waals surface area contributed by atoms with Crippen LogP contribution in [0.4, 0.5) is 5.69 Å². The molecule has 1 amide bonds. The van der Waals surface area contributed by atoms with E-state index in [1.165, 1.54) is 6.07 Å². The van der Waals surface area contributed by atoms with Crippen LogP contribution in [0.2, 0.25) is 0 Å². The molecule has 5 nitrogen and oxygen atoms in total. The first-order chi connectivity index (χ1) is 11.0. The van der Waals surface area contributed by atoms with Gasteiger partial charge in [-0.2, -0.15) is 11.8 Å². The van der Waals surface area contributed by atoms with E-state index < -0.39 is 15.7 Å². The summed E-state index contributed by atoms with van der Waals surface area (Å²) in [6, 6.07) is 11.7. The number of anilines is 1. The molecule has 1 atom stereocenters. The second-order valence-corrected chi connectivity index (χ2v) is 8.75. The zero-order valence-corrected chi connectivity index (χ0v) is 13.6. The van der Waals surface area contributed by atoms with Gasteiger partial charge in [0.25, 0.3) is 5.91 Å². The van der Waals surface area contributed by atoms with Gasteiger partial charge in [0, 0.05) is 11.0 Å².